The second-order valence-corrected chi connectivity index (χ2v) is 7.54. The van der Waals surface area contributed by atoms with E-state index in [4.69, 9.17) is 0 Å². The number of aromatic nitrogens is 2. The Kier molecular flexibility index (Phi) is 4.17. The summed E-state index contributed by atoms with van der Waals surface area (Å²) in [7, 11) is 0. The summed E-state index contributed by atoms with van der Waals surface area (Å²) in [5, 5.41) is 12.7. The molecule has 0 radical (unpaired) electrons. The second kappa shape index (κ2) is 5.93. The van der Waals surface area contributed by atoms with Crippen molar-refractivity contribution in [3.8, 4) is 0 Å². The SMILES string of the molecule is CCc1nc(SCC(=O)[O-])c2c3c(sc2n1)C[C@@H](C)CC3. The molecule has 3 rings (SSSR count). The summed E-state index contributed by atoms with van der Waals surface area (Å²) in [5.74, 6) is 0.386. The molecular weight excluding hydrogens is 304 g/mol. The Morgan fingerprint density at radius 1 is 1.48 bits per heavy atom. The summed E-state index contributed by atoms with van der Waals surface area (Å²) in [6.07, 6.45) is 4.08. The molecule has 21 heavy (non-hydrogen) atoms. The van der Waals surface area contributed by atoms with Crippen LogP contribution in [0.5, 0.6) is 0 Å². The van der Waals surface area contributed by atoms with Gasteiger partial charge in [-0.2, -0.15) is 0 Å². The van der Waals surface area contributed by atoms with Gasteiger partial charge in [0.2, 0.25) is 0 Å². The third kappa shape index (κ3) is 2.92. The van der Waals surface area contributed by atoms with Gasteiger partial charge in [0, 0.05) is 22.4 Å². The lowest BCUT2D eigenvalue weighted by Crippen LogP contribution is -2.24. The molecule has 0 saturated carbocycles. The van der Waals surface area contributed by atoms with Crippen molar-refractivity contribution in [3.05, 3.63) is 16.3 Å². The molecule has 2 aromatic rings. The average Bonchev–Trinajstić information content (AvgIpc) is 2.81. The smallest absolute Gasteiger partial charge is 0.131 e. The standard InChI is InChI=1S/C15H18N2O2S2/c1-3-11-16-14(20-7-12(18)19)13-9-5-4-8(2)6-10(9)21-15(13)17-11/h8H,3-7H2,1-2H3,(H,18,19)/p-1/t8-/m0/s1. The highest BCUT2D eigenvalue weighted by atomic mass is 32.2. The third-order valence-electron chi connectivity index (χ3n) is 3.81. The van der Waals surface area contributed by atoms with E-state index in [0.717, 1.165) is 40.3 Å². The number of hydrogen-bond donors (Lipinski definition) is 0. The minimum atomic E-state index is -1.05. The lowest BCUT2D eigenvalue weighted by atomic mass is 9.89. The number of hydrogen-bond acceptors (Lipinski definition) is 6. The van der Waals surface area contributed by atoms with Gasteiger partial charge in [-0.05, 0) is 30.7 Å². The molecular formula is C15H17N2O2S2-. The van der Waals surface area contributed by atoms with Crippen molar-refractivity contribution in [2.45, 2.75) is 44.6 Å². The first-order valence-corrected chi connectivity index (χ1v) is 9.02. The Morgan fingerprint density at radius 2 is 2.29 bits per heavy atom. The van der Waals surface area contributed by atoms with Crippen molar-refractivity contribution in [2.24, 2.45) is 5.92 Å². The molecule has 0 spiro atoms. The number of carboxylic acids is 1. The van der Waals surface area contributed by atoms with Crippen LogP contribution in [0, 0.1) is 5.92 Å². The van der Waals surface area contributed by atoms with Crippen molar-refractivity contribution in [3.63, 3.8) is 0 Å². The fourth-order valence-corrected chi connectivity index (χ4v) is 5.00. The minimum Gasteiger partial charge on any atom is -0.549 e. The molecule has 0 unspecified atom stereocenters. The van der Waals surface area contributed by atoms with E-state index in [2.05, 4.69) is 16.9 Å². The van der Waals surface area contributed by atoms with Crippen LogP contribution in [0.25, 0.3) is 10.2 Å². The van der Waals surface area contributed by atoms with Crippen LogP contribution in [0.2, 0.25) is 0 Å². The summed E-state index contributed by atoms with van der Waals surface area (Å²) in [6.45, 7) is 4.30. The fourth-order valence-electron chi connectivity index (χ4n) is 2.74. The summed E-state index contributed by atoms with van der Waals surface area (Å²) in [5.41, 5.74) is 1.34. The van der Waals surface area contributed by atoms with Crippen molar-refractivity contribution in [2.75, 3.05) is 5.75 Å². The van der Waals surface area contributed by atoms with Crippen LogP contribution in [0.3, 0.4) is 0 Å². The molecule has 0 fully saturated rings. The molecule has 1 aliphatic carbocycles. The molecule has 112 valence electrons. The van der Waals surface area contributed by atoms with Crippen molar-refractivity contribution >= 4 is 39.3 Å². The van der Waals surface area contributed by atoms with E-state index in [1.54, 1.807) is 11.3 Å². The Labute approximate surface area is 132 Å². The van der Waals surface area contributed by atoms with Gasteiger partial charge in [-0.1, -0.05) is 25.6 Å². The maximum Gasteiger partial charge on any atom is 0.131 e. The van der Waals surface area contributed by atoms with E-state index in [1.807, 2.05) is 6.92 Å². The molecule has 0 bridgehead atoms. The predicted molar refractivity (Wildman–Crippen MR) is 83.7 cm³/mol. The molecule has 0 saturated heterocycles. The number of nitrogens with zero attached hydrogens (tertiary/aromatic N) is 2. The summed E-state index contributed by atoms with van der Waals surface area (Å²) in [6, 6.07) is 0. The molecule has 0 N–H and O–H groups in total. The van der Waals surface area contributed by atoms with Crippen LogP contribution in [0.4, 0.5) is 0 Å². The van der Waals surface area contributed by atoms with Crippen LogP contribution >= 0.6 is 23.1 Å². The third-order valence-corrected chi connectivity index (χ3v) is 5.91. The van der Waals surface area contributed by atoms with E-state index in [0.29, 0.717) is 5.92 Å². The van der Waals surface area contributed by atoms with Gasteiger partial charge >= 0.3 is 0 Å². The molecule has 0 aromatic carbocycles. The highest BCUT2D eigenvalue weighted by Gasteiger charge is 2.23. The summed E-state index contributed by atoms with van der Waals surface area (Å²) >= 11 is 3.01. The van der Waals surface area contributed by atoms with Gasteiger partial charge in [-0.3, -0.25) is 0 Å². The highest BCUT2D eigenvalue weighted by Crippen LogP contribution is 2.40. The Balaban J connectivity index is 2.12. The molecule has 0 amide bonds. The van der Waals surface area contributed by atoms with Crippen LogP contribution in [0.15, 0.2) is 5.03 Å². The first-order valence-electron chi connectivity index (χ1n) is 7.22. The van der Waals surface area contributed by atoms with E-state index in [9.17, 15) is 9.90 Å². The summed E-state index contributed by atoms with van der Waals surface area (Å²) in [4.78, 5) is 22.4. The van der Waals surface area contributed by atoms with Crippen LogP contribution in [0.1, 0.15) is 36.5 Å². The van der Waals surface area contributed by atoms with Crippen molar-refractivity contribution < 1.29 is 9.90 Å². The number of aliphatic carboxylic acids is 1. The molecule has 2 aromatic heterocycles. The number of carbonyl (C=O) groups is 1. The molecule has 0 aliphatic heterocycles. The summed E-state index contributed by atoms with van der Waals surface area (Å²) < 4.78 is 0. The van der Waals surface area contributed by atoms with E-state index in [1.165, 1.54) is 28.6 Å². The predicted octanol–water partition coefficient (Wildman–Crippen LogP) is 2.22. The van der Waals surface area contributed by atoms with E-state index >= 15 is 0 Å². The van der Waals surface area contributed by atoms with Gasteiger partial charge in [0.05, 0.1) is 5.97 Å². The average molecular weight is 321 g/mol. The number of thiophene rings is 1. The molecule has 6 heteroatoms. The first-order chi connectivity index (χ1) is 10.1. The molecule has 2 heterocycles. The molecule has 1 aliphatic rings. The zero-order valence-electron chi connectivity index (χ0n) is 12.1. The normalized spacial score (nSPS) is 17.9. The highest BCUT2D eigenvalue weighted by molar-refractivity contribution is 8.00. The van der Waals surface area contributed by atoms with Gasteiger partial charge < -0.3 is 9.90 Å². The van der Waals surface area contributed by atoms with Crippen LogP contribution in [-0.4, -0.2) is 21.7 Å². The monoisotopic (exact) mass is 321 g/mol. The van der Waals surface area contributed by atoms with Crippen molar-refractivity contribution in [1.29, 1.82) is 0 Å². The van der Waals surface area contributed by atoms with Crippen LogP contribution in [-0.2, 0) is 24.1 Å². The topological polar surface area (TPSA) is 65.9 Å². The number of thioether (sulfide) groups is 1. The minimum absolute atomic E-state index is 0.0592. The quantitative estimate of drug-likeness (QED) is 0.638. The van der Waals surface area contributed by atoms with Gasteiger partial charge in [0.15, 0.2) is 0 Å². The van der Waals surface area contributed by atoms with Gasteiger partial charge in [-0.15, -0.1) is 11.3 Å². The maximum absolute atomic E-state index is 10.8. The lowest BCUT2D eigenvalue weighted by Gasteiger charge is -2.18. The largest absolute Gasteiger partial charge is 0.549 e. The number of rotatable bonds is 4. The Bertz CT molecular complexity index is 697. The van der Waals surface area contributed by atoms with E-state index < -0.39 is 5.97 Å². The van der Waals surface area contributed by atoms with E-state index in [-0.39, 0.29) is 5.75 Å². The Hall–Kier alpha value is -1.14. The number of aryl methyl sites for hydroxylation is 2. The van der Waals surface area contributed by atoms with Crippen molar-refractivity contribution in [1.82, 2.24) is 9.97 Å². The molecule has 4 nitrogen and oxygen atoms in total. The first kappa shape index (κ1) is 14.8. The number of fused-ring (bicyclic) bond motifs is 3. The Morgan fingerprint density at radius 3 is 3.00 bits per heavy atom. The lowest BCUT2D eigenvalue weighted by molar-refractivity contribution is -0.301. The zero-order chi connectivity index (χ0) is 15.0. The number of carboxylic acid groups (broad SMARTS) is 1. The molecule has 1 atom stereocenters. The fraction of sp³-hybridized carbons (Fsp3) is 0.533. The zero-order valence-corrected chi connectivity index (χ0v) is 13.8. The van der Waals surface area contributed by atoms with Crippen LogP contribution < -0.4 is 5.11 Å². The second-order valence-electron chi connectivity index (χ2n) is 5.49. The van der Waals surface area contributed by atoms with Gasteiger partial charge in [0.25, 0.3) is 0 Å². The number of carbonyl (C=O) groups excluding carboxylic acids is 1. The van der Waals surface area contributed by atoms with Gasteiger partial charge in [0.1, 0.15) is 15.7 Å². The van der Waals surface area contributed by atoms with Gasteiger partial charge in [-0.25, -0.2) is 9.97 Å². The maximum atomic E-state index is 10.8.